The molecular formula is C8H15NO4S. The molecule has 0 aliphatic carbocycles. The summed E-state index contributed by atoms with van der Waals surface area (Å²) >= 11 is 0. The molecule has 0 spiro atoms. The Bertz CT molecular complexity index is 298. The van der Waals surface area contributed by atoms with Crippen LogP contribution < -0.4 is 5.32 Å². The van der Waals surface area contributed by atoms with Gasteiger partial charge in [-0.15, -0.1) is 0 Å². The summed E-state index contributed by atoms with van der Waals surface area (Å²) in [4.78, 5) is 0. The minimum atomic E-state index is -3.01. The van der Waals surface area contributed by atoms with Gasteiger partial charge < -0.3 is 15.2 Å². The van der Waals surface area contributed by atoms with E-state index in [4.69, 9.17) is 4.74 Å². The first kappa shape index (κ1) is 11.6. The predicted octanol–water partition coefficient (Wildman–Crippen LogP) is -1.11. The fourth-order valence-electron chi connectivity index (χ4n) is 1.24. The maximum absolute atomic E-state index is 11.0. The highest BCUT2D eigenvalue weighted by Gasteiger charge is 2.21. The van der Waals surface area contributed by atoms with Gasteiger partial charge in [-0.05, 0) is 0 Å². The van der Waals surface area contributed by atoms with E-state index >= 15 is 0 Å². The molecule has 1 aliphatic rings. The van der Waals surface area contributed by atoms with Crippen LogP contribution in [-0.2, 0) is 14.6 Å². The van der Waals surface area contributed by atoms with Crippen molar-refractivity contribution >= 4 is 9.84 Å². The first-order chi connectivity index (χ1) is 6.53. The van der Waals surface area contributed by atoms with Crippen molar-refractivity contribution in [3.05, 3.63) is 11.5 Å². The van der Waals surface area contributed by atoms with Crippen LogP contribution in [-0.4, -0.2) is 51.7 Å². The van der Waals surface area contributed by atoms with Crippen LogP contribution in [0.15, 0.2) is 11.5 Å². The first-order valence-electron chi connectivity index (χ1n) is 4.35. The van der Waals surface area contributed by atoms with E-state index in [0.717, 1.165) is 0 Å². The van der Waals surface area contributed by atoms with Gasteiger partial charge in [-0.2, -0.15) is 0 Å². The van der Waals surface area contributed by atoms with Gasteiger partial charge in [0.1, 0.15) is 0 Å². The normalized spacial score (nSPS) is 26.6. The molecule has 82 valence electrons. The molecule has 1 aliphatic heterocycles. The average Bonchev–Trinajstić information content (AvgIpc) is 2.43. The third-order valence-corrected chi connectivity index (χ3v) is 3.30. The lowest BCUT2D eigenvalue weighted by atomic mass is 10.3. The summed E-state index contributed by atoms with van der Waals surface area (Å²) in [5.74, 6) is 0.0761. The molecule has 0 bridgehead atoms. The van der Waals surface area contributed by atoms with E-state index in [1.165, 1.54) is 12.5 Å². The standard InChI is InChI=1S/C8H15NO4S/c1-13-5-8(10)4-9-7-2-3-14(11,12)6-7/h2-3,7-10H,4-6H2,1H3. The molecule has 2 atom stereocenters. The van der Waals surface area contributed by atoms with Crippen molar-refractivity contribution in [1.29, 1.82) is 0 Å². The van der Waals surface area contributed by atoms with Crippen LogP contribution in [0.3, 0.4) is 0 Å². The minimum absolute atomic E-state index is 0.0761. The Kier molecular flexibility index (Phi) is 4.06. The number of ether oxygens (including phenoxy) is 1. The second-order valence-electron chi connectivity index (χ2n) is 3.28. The third-order valence-electron chi connectivity index (χ3n) is 1.90. The first-order valence-corrected chi connectivity index (χ1v) is 6.06. The van der Waals surface area contributed by atoms with E-state index in [0.29, 0.717) is 6.54 Å². The fraction of sp³-hybridized carbons (Fsp3) is 0.750. The van der Waals surface area contributed by atoms with E-state index in [-0.39, 0.29) is 18.4 Å². The quantitative estimate of drug-likeness (QED) is 0.616. The van der Waals surface area contributed by atoms with Crippen LogP contribution in [0, 0.1) is 0 Å². The zero-order valence-corrected chi connectivity index (χ0v) is 8.83. The van der Waals surface area contributed by atoms with Gasteiger partial charge >= 0.3 is 0 Å². The van der Waals surface area contributed by atoms with Crippen molar-refractivity contribution in [2.24, 2.45) is 0 Å². The maximum atomic E-state index is 11.0. The topological polar surface area (TPSA) is 75.6 Å². The monoisotopic (exact) mass is 221 g/mol. The molecule has 0 aromatic rings. The number of hydrogen-bond donors (Lipinski definition) is 2. The zero-order chi connectivity index (χ0) is 10.6. The van der Waals surface area contributed by atoms with Gasteiger partial charge in [-0.25, -0.2) is 8.42 Å². The molecule has 0 aromatic heterocycles. The number of nitrogens with one attached hydrogen (secondary N) is 1. The van der Waals surface area contributed by atoms with Crippen molar-refractivity contribution in [2.45, 2.75) is 12.1 Å². The Labute approximate surface area is 83.7 Å². The summed E-state index contributed by atoms with van der Waals surface area (Å²) in [5, 5.41) is 13.4. The molecular weight excluding hydrogens is 206 g/mol. The minimum Gasteiger partial charge on any atom is -0.389 e. The van der Waals surface area contributed by atoms with Gasteiger partial charge in [0.25, 0.3) is 0 Å². The number of aliphatic hydroxyl groups excluding tert-OH is 1. The van der Waals surface area contributed by atoms with Crippen molar-refractivity contribution < 1.29 is 18.3 Å². The second-order valence-corrected chi connectivity index (χ2v) is 5.21. The molecule has 2 unspecified atom stereocenters. The van der Waals surface area contributed by atoms with Crippen LogP contribution in [0.25, 0.3) is 0 Å². The lowest BCUT2D eigenvalue weighted by molar-refractivity contribution is 0.0640. The molecule has 2 N–H and O–H groups in total. The lowest BCUT2D eigenvalue weighted by Gasteiger charge is -2.13. The van der Waals surface area contributed by atoms with Crippen LogP contribution in [0.4, 0.5) is 0 Å². The second kappa shape index (κ2) is 4.88. The fourth-order valence-corrected chi connectivity index (χ4v) is 2.51. The van der Waals surface area contributed by atoms with Crippen molar-refractivity contribution in [3.8, 4) is 0 Å². The van der Waals surface area contributed by atoms with Crippen LogP contribution in [0.2, 0.25) is 0 Å². The number of sulfone groups is 1. The molecule has 0 saturated heterocycles. The van der Waals surface area contributed by atoms with Crippen molar-refractivity contribution in [1.82, 2.24) is 5.32 Å². The van der Waals surface area contributed by atoms with Crippen LogP contribution in [0.1, 0.15) is 0 Å². The molecule has 0 amide bonds. The van der Waals surface area contributed by atoms with Crippen molar-refractivity contribution in [3.63, 3.8) is 0 Å². The van der Waals surface area contributed by atoms with E-state index in [1.807, 2.05) is 0 Å². The Hall–Kier alpha value is -0.430. The van der Waals surface area contributed by atoms with E-state index in [2.05, 4.69) is 5.32 Å². The van der Waals surface area contributed by atoms with Gasteiger partial charge in [0, 0.05) is 25.1 Å². The number of hydrogen-bond acceptors (Lipinski definition) is 5. The van der Waals surface area contributed by atoms with E-state index in [9.17, 15) is 13.5 Å². The highest BCUT2D eigenvalue weighted by molar-refractivity contribution is 7.94. The Morgan fingerprint density at radius 2 is 2.43 bits per heavy atom. The Morgan fingerprint density at radius 3 is 2.93 bits per heavy atom. The number of rotatable bonds is 5. The summed E-state index contributed by atoms with van der Waals surface area (Å²) in [7, 11) is -1.51. The largest absolute Gasteiger partial charge is 0.389 e. The number of methoxy groups -OCH3 is 1. The summed E-state index contributed by atoms with van der Waals surface area (Å²) in [5.41, 5.74) is 0. The average molecular weight is 221 g/mol. The van der Waals surface area contributed by atoms with Crippen LogP contribution >= 0.6 is 0 Å². The molecule has 1 heterocycles. The van der Waals surface area contributed by atoms with Gasteiger partial charge in [0.15, 0.2) is 9.84 Å². The maximum Gasteiger partial charge on any atom is 0.173 e. The smallest absolute Gasteiger partial charge is 0.173 e. The molecule has 6 heteroatoms. The molecule has 0 saturated carbocycles. The molecule has 14 heavy (non-hydrogen) atoms. The Morgan fingerprint density at radius 1 is 1.71 bits per heavy atom. The molecule has 1 rings (SSSR count). The molecule has 0 aromatic carbocycles. The van der Waals surface area contributed by atoms with Crippen LogP contribution in [0.5, 0.6) is 0 Å². The summed E-state index contributed by atoms with van der Waals surface area (Å²) in [6.07, 6.45) is 0.992. The van der Waals surface area contributed by atoms with E-state index < -0.39 is 15.9 Å². The SMILES string of the molecule is COCC(O)CNC1C=CS(=O)(=O)C1. The summed E-state index contributed by atoms with van der Waals surface area (Å²) in [6.45, 7) is 0.578. The molecule has 0 radical (unpaired) electrons. The highest BCUT2D eigenvalue weighted by atomic mass is 32.2. The lowest BCUT2D eigenvalue weighted by Crippen LogP contribution is -2.37. The van der Waals surface area contributed by atoms with E-state index in [1.54, 1.807) is 6.08 Å². The van der Waals surface area contributed by atoms with Gasteiger partial charge in [-0.3, -0.25) is 0 Å². The zero-order valence-electron chi connectivity index (χ0n) is 8.01. The van der Waals surface area contributed by atoms with Gasteiger partial charge in [0.05, 0.1) is 18.5 Å². The molecule has 5 nitrogen and oxygen atoms in total. The predicted molar refractivity (Wildman–Crippen MR) is 52.6 cm³/mol. The summed E-state index contributed by atoms with van der Waals surface area (Å²) in [6, 6.07) is -0.188. The number of aliphatic hydroxyl groups is 1. The molecule has 0 fully saturated rings. The highest BCUT2D eigenvalue weighted by Crippen LogP contribution is 2.07. The van der Waals surface area contributed by atoms with Crippen molar-refractivity contribution in [2.75, 3.05) is 26.0 Å². The Balaban J connectivity index is 2.25. The third kappa shape index (κ3) is 3.75. The van der Waals surface area contributed by atoms with Gasteiger partial charge in [-0.1, -0.05) is 6.08 Å². The summed E-state index contributed by atoms with van der Waals surface area (Å²) < 4.78 is 26.7. The van der Waals surface area contributed by atoms with Gasteiger partial charge in [0.2, 0.25) is 0 Å².